The SMILES string of the molecule is O=C(CN1C(=O)CCC1=O)c1scnc1-n1ncc2ccccc21. The maximum absolute atomic E-state index is 12.6. The van der Waals surface area contributed by atoms with Crippen LogP contribution in [0.4, 0.5) is 0 Å². The number of hydrogen-bond donors (Lipinski definition) is 0. The number of ketones is 1. The molecule has 1 fully saturated rings. The van der Waals surface area contributed by atoms with Gasteiger partial charge in [-0.1, -0.05) is 18.2 Å². The Kier molecular flexibility index (Phi) is 3.46. The molecule has 0 spiro atoms. The molecule has 0 N–H and O–H groups in total. The van der Waals surface area contributed by atoms with Crippen molar-refractivity contribution in [3.63, 3.8) is 0 Å². The number of para-hydroxylation sites is 1. The molecule has 0 unspecified atom stereocenters. The lowest BCUT2D eigenvalue weighted by molar-refractivity contribution is -0.137. The van der Waals surface area contributed by atoms with Gasteiger partial charge in [-0.05, 0) is 6.07 Å². The van der Waals surface area contributed by atoms with E-state index in [2.05, 4.69) is 10.1 Å². The number of carbonyl (C=O) groups is 3. The molecule has 3 heterocycles. The van der Waals surface area contributed by atoms with Gasteiger partial charge in [0.1, 0.15) is 4.88 Å². The zero-order chi connectivity index (χ0) is 16.7. The number of rotatable bonds is 4. The van der Waals surface area contributed by atoms with Crippen LogP contribution in [0.1, 0.15) is 22.5 Å². The molecular formula is C16H12N4O3S. The first-order chi connectivity index (χ1) is 11.6. The fraction of sp³-hybridized carbons (Fsp3) is 0.188. The van der Waals surface area contributed by atoms with Gasteiger partial charge in [0.25, 0.3) is 0 Å². The fourth-order valence-electron chi connectivity index (χ4n) is 2.74. The minimum atomic E-state index is -0.310. The summed E-state index contributed by atoms with van der Waals surface area (Å²) >= 11 is 1.18. The summed E-state index contributed by atoms with van der Waals surface area (Å²) in [6, 6.07) is 7.61. The van der Waals surface area contributed by atoms with Gasteiger partial charge in [-0.25, -0.2) is 9.67 Å². The molecule has 7 nitrogen and oxygen atoms in total. The van der Waals surface area contributed by atoms with Crippen molar-refractivity contribution in [1.82, 2.24) is 19.7 Å². The molecule has 1 aliphatic rings. The highest BCUT2D eigenvalue weighted by Gasteiger charge is 2.32. The molecule has 24 heavy (non-hydrogen) atoms. The third kappa shape index (κ3) is 2.31. The summed E-state index contributed by atoms with van der Waals surface area (Å²) in [5, 5.41) is 5.24. The lowest BCUT2D eigenvalue weighted by atomic mass is 10.2. The summed E-state index contributed by atoms with van der Waals surface area (Å²) in [5.74, 6) is -0.492. The number of hydrogen-bond acceptors (Lipinski definition) is 6. The van der Waals surface area contributed by atoms with Gasteiger partial charge in [0, 0.05) is 18.2 Å². The van der Waals surface area contributed by atoms with Crippen LogP contribution in [0.2, 0.25) is 0 Å². The van der Waals surface area contributed by atoms with Crippen molar-refractivity contribution in [2.45, 2.75) is 12.8 Å². The van der Waals surface area contributed by atoms with Crippen molar-refractivity contribution < 1.29 is 14.4 Å². The average Bonchev–Trinajstić information content (AvgIpc) is 3.28. The van der Waals surface area contributed by atoms with Gasteiger partial charge in [-0.3, -0.25) is 19.3 Å². The van der Waals surface area contributed by atoms with Crippen molar-refractivity contribution in [3.8, 4) is 5.82 Å². The van der Waals surface area contributed by atoms with E-state index in [4.69, 9.17) is 0 Å². The Hall–Kier alpha value is -2.87. The lowest BCUT2D eigenvalue weighted by Gasteiger charge is -2.12. The second-order valence-corrected chi connectivity index (χ2v) is 6.27. The summed E-state index contributed by atoms with van der Waals surface area (Å²) < 4.78 is 1.60. The van der Waals surface area contributed by atoms with Crippen LogP contribution in [0.3, 0.4) is 0 Å². The van der Waals surface area contributed by atoms with Gasteiger partial charge in [-0.2, -0.15) is 5.10 Å². The van der Waals surface area contributed by atoms with Crippen LogP contribution in [-0.2, 0) is 9.59 Å². The minimum absolute atomic E-state index is 0.172. The number of nitrogens with zero attached hydrogens (tertiary/aromatic N) is 4. The van der Waals surface area contributed by atoms with E-state index in [1.807, 2.05) is 24.3 Å². The maximum Gasteiger partial charge on any atom is 0.230 e. The van der Waals surface area contributed by atoms with Gasteiger partial charge < -0.3 is 0 Å². The van der Waals surface area contributed by atoms with Crippen molar-refractivity contribution in [2.24, 2.45) is 0 Å². The molecule has 8 heteroatoms. The van der Waals surface area contributed by atoms with Gasteiger partial charge in [0.05, 0.1) is 23.8 Å². The molecule has 1 aliphatic heterocycles. The quantitative estimate of drug-likeness (QED) is 0.534. The summed E-state index contributed by atoms with van der Waals surface area (Å²) in [4.78, 5) is 41.6. The highest BCUT2D eigenvalue weighted by molar-refractivity contribution is 7.12. The predicted molar refractivity (Wildman–Crippen MR) is 87.0 cm³/mol. The number of amides is 2. The third-order valence-corrected chi connectivity index (χ3v) is 4.79. The number of imide groups is 1. The number of aromatic nitrogens is 3. The smallest absolute Gasteiger partial charge is 0.230 e. The zero-order valence-electron chi connectivity index (χ0n) is 12.5. The molecule has 2 aromatic heterocycles. The molecular weight excluding hydrogens is 328 g/mol. The van der Waals surface area contributed by atoms with Crippen LogP contribution in [0.5, 0.6) is 0 Å². The Morgan fingerprint density at radius 3 is 2.71 bits per heavy atom. The molecule has 1 aromatic carbocycles. The van der Waals surface area contributed by atoms with Gasteiger partial charge in [-0.15, -0.1) is 11.3 Å². The summed E-state index contributed by atoms with van der Waals surface area (Å²) in [7, 11) is 0. The van der Waals surface area contributed by atoms with E-state index < -0.39 is 0 Å². The van der Waals surface area contributed by atoms with Gasteiger partial charge in [0.2, 0.25) is 11.8 Å². The van der Waals surface area contributed by atoms with Crippen LogP contribution in [0, 0.1) is 0 Å². The molecule has 0 atom stereocenters. The molecule has 0 radical (unpaired) electrons. The highest BCUT2D eigenvalue weighted by atomic mass is 32.1. The second kappa shape index (κ2) is 5.64. The summed E-state index contributed by atoms with van der Waals surface area (Å²) in [5.41, 5.74) is 2.40. The number of likely N-dealkylation sites (tertiary alicyclic amines) is 1. The van der Waals surface area contributed by atoms with Crippen LogP contribution in [-0.4, -0.2) is 43.8 Å². The Morgan fingerprint density at radius 1 is 1.17 bits per heavy atom. The molecule has 1 saturated heterocycles. The van der Waals surface area contributed by atoms with E-state index >= 15 is 0 Å². The standard InChI is InChI=1S/C16H12N4O3S/c21-12(8-19-13(22)5-6-14(19)23)15-16(17-9-24-15)20-11-4-2-1-3-10(11)7-18-20/h1-4,7,9H,5-6,8H2. The largest absolute Gasteiger partial charge is 0.291 e. The first-order valence-corrected chi connectivity index (χ1v) is 8.26. The average molecular weight is 340 g/mol. The predicted octanol–water partition coefficient (Wildman–Crippen LogP) is 1.81. The number of fused-ring (bicyclic) bond motifs is 1. The van der Waals surface area contributed by atoms with E-state index in [0.29, 0.717) is 10.7 Å². The van der Waals surface area contributed by atoms with E-state index in [0.717, 1.165) is 15.8 Å². The van der Waals surface area contributed by atoms with Crippen LogP contribution in [0.15, 0.2) is 36.0 Å². The summed E-state index contributed by atoms with van der Waals surface area (Å²) in [6.45, 7) is -0.244. The number of thiazole rings is 1. The van der Waals surface area contributed by atoms with Crippen molar-refractivity contribution >= 4 is 39.8 Å². The molecule has 120 valence electrons. The van der Waals surface area contributed by atoms with Crippen molar-refractivity contribution in [2.75, 3.05) is 6.54 Å². The van der Waals surface area contributed by atoms with E-state index in [-0.39, 0.29) is 37.0 Å². The topological polar surface area (TPSA) is 85.2 Å². The Bertz CT molecular complexity index is 959. The van der Waals surface area contributed by atoms with E-state index in [9.17, 15) is 14.4 Å². The van der Waals surface area contributed by atoms with Gasteiger partial charge in [0.15, 0.2) is 11.6 Å². The number of Topliss-reactive ketones (excluding diaryl/α,β-unsaturated/α-hetero) is 1. The van der Waals surface area contributed by atoms with Crippen LogP contribution in [0.25, 0.3) is 16.7 Å². The Labute approximate surface area is 140 Å². The molecule has 4 rings (SSSR count). The maximum atomic E-state index is 12.6. The lowest BCUT2D eigenvalue weighted by Crippen LogP contribution is -2.34. The van der Waals surface area contributed by atoms with Crippen molar-refractivity contribution in [1.29, 1.82) is 0 Å². The highest BCUT2D eigenvalue weighted by Crippen LogP contribution is 2.24. The minimum Gasteiger partial charge on any atom is -0.291 e. The molecule has 2 amide bonds. The molecule has 0 aliphatic carbocycles. The van der Waals surface area contributed by atoms with E-state index in [1.165, 1.54) is 11.3 Å². The molecule has 3 aromatic rings. The fourth-order valence-corrected chi connectivity index (χ4v) is 3.44. The number of benzene rings is 1. The zero-order valence-corrected chi connectivity index (χ0v) is 13.3. The first-order valence-electron chi connectivity index (χ1n) is 7.38. The Balaban J connectivity index is 1.69. The van der Waals surface area contributed by atoms with Crippen LogP contribution < -0.4 is 0 Å². The van der Waals surface area contributed by atoms with Crippen LogP contribution >= 0.6 is 11.3 Å². The van der Waals surface area contributed by atoms with Gasteiger partial charge >= 0.3 is 0 Å². The third-order valence-electron chi connectivity index (χ3n) is 3.94. The molecule has 0 saturated carbocycles. The number of carbonyl (C=O) groups excluding carboxylic acids is 3. The molecule has 0 bridgehead atoms. The summed E-state index contributed by atoms with van der Waals surface area (Å²) in [6.07, 6.45) is 2.05. The van der Waals surface area contributed by atoms with Crippen molar-refractivity contribution in [3.05, 3.63) is 40.8 Å². The van der Waals surface area contributed by atoms with E-state index in [1.54, 1.807) is 16.4 Å². The normalized spacial score (nSPS) is 14.8. The second-order valence-electron chi connectivity index (χ2n) is 5.42. The Morgan fingerprint density at radius 2 is 1.92 bits per heavy atom. The monoisotopic (exact) mass is 340 g/mol. The first kappa shape index (κ1) is 14.7.